The van der Waals surface area contributed by atoms with E-state index in [1.807, 2.05) is 20.3 Å². The molecule has 0 aromatic rings. The lowest BCUT2D eigenvalue weighted by Gasteiger charge is -2.30. The Kier molecular flexibility index (Phi) is 1.65. The van der Waals surface area contributed by atoms with Gasteiger partial charge < -0.3 is 15.1 Å². The summed E-state index contributed by atoms with van der Waals surface area (Å²) in [6, 6.07) is 0. The summed E-state index contributed by atoms with van der Waals surface area (Å²) >= 11 is 5.82. The van der Waals surface area contributed by atoms with Crippen LogP contribution in [0.4, 0.5) is 0 Å². The molecule has 0 saturated carbocycles. The van der Waals surface area contributed by atoms with E-state index in [1.54, 1.807) is 0 Å². The van der Waals surface area contributed by atoms with Gasteiger partial charge in [0.25, 0.3) is 0 Å². The standard InChI is InChI=1S/C7H11ClN4/c1-11-3-5-6(12(2)4-11)10-7(8)9-5/h3,7,9H,4H2,1-2H3. The maximum Gasteiger partial charge on any atom is 0.197 e. The molecule has 1 atom stereocenters. The summed E-state index contributed by atoms with van der Waals surface area (Å²) in [5.74, 6) is 0.952. The molecule has 0 bridgehead atoms. The Morgan fingerprint density at radius 2 is 2.42 bits per heavy atom. The van der Waals surface area contributed by atoms with Crippen LogP contribution in [-0.2, 0) is 0 Å². The summed E-state index contributed by atoms with van der Waals surface area (Å²) < 4.78 is 0. The number of halogens is 1. The van der Waals surface area contributed by atoms with Gasteiger partial charge in [-0.15, -0.1) is 0 Å². The van der Waals surface area contributed by atoms with E-state index in [-0.39, 0.29) is 5.62 Å². The summed E-state index contributed by atoms with van der Waals surface area (Å²) in [5.41, 5.74) is 0.700. The lowest BCUT2D eigenvalue weighted by atomic mass is 10.3. The molecule has 2 heterocycles. The molecule has 2 aliphatic rings. The third-order valence-corrected chi connectivity index (χ3v) is 2.10. The number of alkyl halides is 1. The van der Waals surface area contributed by atoms with Crippen LogP contribution in [-0.4, -0.2) is 42.0 Å². The normalized spacial score (nSPS) is 27.8. The van der Waals surface area contributed by atoms with Crippen LogP contribution in [0.15, 0.2) is 16.9 Å². The Morgan fingerprint density at radius 1 is 1.67 bits per heavy atom. The van der Waals surface area contributed by atoms with E-state index in [4.69, 9.17) is 11.6 Å². The Balaban J connectivity index is 2.32. The van der Waals surface area contributed by atoms with Gasteiger partial charge in [0.2, 0.25) is 0 Å². The molecule has 0 aromatic carbocycles. The molecule has 0 saturated heterocycles. The molecule has 0 spiro atoms. The van der Waals surface area contributed by atoms with Gasteiger partial charge in [-0.3, -0.25) is 0 Å². The maximum absolute atomic E-state index is 5.82. The van der Waals surface area contributed by atoms with Gasteiger partial charge in [-0.2, -0.15) is 0 Å². The van der Waals surface area contributed by atoms with Crippen molar-refractivity contribution < 1.29 is 0 Å². The molecule has 0 radical (unpaired) electrons. The Bertz CT molecular complexity index is 260. The number of hydrogen-bond acceptors (Lipinski definition) is 4. The Labute approximate surface area is 76.5 Å². The lowest BCUT2D eigenvalue weighted by Crippen LogP contribution is -2.41. The van der Waals surface area contributed by atoms with Crippen LogP contribution >= 0.6 is 11.6 Å². The predicted octanol–water partition coefficient (Wildman–Crippen LogP) is 0.187. The van der Waals surface area contributed by atoms with Crippen molar-refractivity contribution in [2.24, 2.45) is 4.99 Å². The van der Waals surface area contributed by atoms with Gasteiger partial charge in [0.15, 0.2) is 11.5 Å². The first kappa shape index (κ1) is 7.73. The van der Waals surface area contributed by atoms with Gasteiger partial charge in [0.05, 0.1) is 12.4 Å². The highest BCUT2D eigenvalue weighted by Gasteiger charge is 2.26. The zero-order chi connectivity index (χ0) is 8.72. The van der Waals surface area contributed by atoms with Crippen LogP contribution in [0.3, 0.4) is 0 Å². The van der Waals surface area contributed by atoms with Crippen molar-refractivity contribution in [1.29, 1.82) is 0 Å². The molecule has 0 amide bonds. The van der Waals surface area contributed by atoms with Crippen molar-refractivity contribution >= 4 is 17.4 Å². The zero-order valence-electron chi connectivity index (χ0n) is 7.08. The largest absolute Gasteiger partial charge is 0.361 e. The number of fused-ring (bicyclic) bond motifs is 1. The highest BCUT2D eigenvalue weighted by molar-refractivity contribution is 6.22. The summed E-state index contributed by atoms with van der Waals surface area (Å²) in [7, 11) is 4.02. The quantitative estimate of drug-likeness (QED) is 0.433. The molecule has 12 heavy (non-hydrogen) atoms. The number of likely N-dealkylation sites (N-methyl/N-ethyl adjacent to an activating group) is 1. The van der Waals surface area contributed by atoms with Crippen LogP contribution in [0.1, 0.15) is 0 Å². The number of hydrogen-bond donors (Lipinski definition) is 1. The number of amidine groups is 1. The molecule has 66 valence electrons. The van der Waals surface area contributed by atoms with Gasteiger partial charge in [-0.25, -0.2) is 4.99 Å². The second kappa shape index (κ2) is 2.55. The van der Waals surface area contributed by atoms with Crippen LogP contribution in [0.25, 0.3) is 0 Å². The highest BCUT2D eigenvalue weighted by atomic mass is 35.5. The van der Waals surface area contributed by atoms with E-state index in [2.05, 4.69) is 20.1 Å². The van der Waals surface area contributed by atoms with Gasteiger partial charge >= 0.3 is 0 Å². The second-order valence-corrected chi connectivity index (χ2v) is 3.49. The lowest BCUT2D eigenvalue weighted by molar-refractivity contribution is 0.303. The second-order valence-electron chi connectivity index (χ2n) is 3.07. The fraction of sp³-hybridized carbons (Fsp3) is 0.571. The predicted molar refractivity (Wildman–Crippen MR) is 48.7 cm³/mol. The van der Waals surface area contributed by atoms with Crippen LogP contribution in [0.5, 0.6) is 0 Å². The smallest absolute Gasteiger partial charge is 0.197 e. The van der Waals surface area contributed by atoms with E-state index in [0.717, 1.165) is 18.2 Å². The van der Waals surface area contributed by atoms with Gasteiger partial charge in [0, 0.05) is 20.3 Å². The topological polar surface area (TPSA) is 30.9 Å². The van der Waals surface area contributed by atoms with Gasteiger partial charge in [0.1, 0.15) is 0 Å². The van der Waals surface area contributed by atoms with Crippen LogP contribution < -0.4 is 5.32 Å². The molecule has 1 N–H and O–H groups in total. The van der Waals surface area contributed by atoms with E-state index in [0.29, 0.717) is 0 Å². The first-order chi connectivity index (χ1) is 5.66. The molecule has 4 nitrogen and oxygen atoms in total. The maximum atomic E-state index is 5.82. The average Bonchev–Trinajstić information content (AvgIpc) is 2.29. The third kappa shape index (κ3) is 1.12. The van der Waals surface area contributed by atoms with Gasteiger partial charge in [-0.1, -0.05) is 11.6 Å². The monoisotopic (exact) mass is 186 g/mol. The molecule has 0 fully saturated rings. The van der Waals surface area contributed by atoms with Crippen molar-refractivity contribution in [3.63, 3.8) is 0 Å². The minimum atomic E-state index is -0.305. The fourth-order valence-corrected chi connectivity index (χ4v) is 1.67. The van der Waals surface area contributed by atoms with Crippen molar-refractivity contribution in [1.82, 2.24) is 15.1 Å². The molecule has 1 unspecified atom stereocenters. The molecule has 2 rings (SSSR count). The Morgan fingerprint density at radius 3 is 3.17 bits per heavy atom. The summed E-state index contributed by atoms with van der Waals surface area (Å²) in [5, 5.41) is 3.06. The molecule has 5 heteroatoms. The van der Waals surface area contributed by atoms with E-state index >= 15 is 0 Å². The molecule has 2 aliphatic heterocycles. The molecule has 0 aliphatic carbocycles. The van der Waals surface area contributed by atoms with E-state index < -0.39 is 0 Å². The van der Waals surface area contributed by atoms with Crippen LogP contribution in [0, 0.1) is 0 Å². The van der Waals surface area contributed by atoms with Gasteiger partial charge in [-0.05, 0) is 0 Å². The van der Waals surface area contributed by atoms with Crippen molar-refractivity contribution in [3.8, 4) is 0 Å². The van der Waals surface area contributed by atoms with Crippen molar-refractivity contribution in [2.45, 2.75) is 5.62 Å². The zero-order valence-corrected chi connectivity index (χ0v) is 7.84. The fourth-order valence-electron chi connectivity index (χ4n) is 1.46. The SMILES string of the molecule is CN1C=C2NC(Cl)N=C2N(C)C1. The number of nitrogens with one attached hydrogen (secondary N) is 1. The summed E-state index contributed by atoms with van der Waals surface area (Å²) in [6.07, 6.45) is 2.02. The van der Waals surface area contributed by atoms with Crippen LogP contribution in [0.2, 0.25) is 0 Å². The molecule has 0 aromatic heterocycles. The molecular formula is C7H11ClN4. The van der Waals surface area contributed by atoms with E-state index in [1.165, 1.54) is 0 Å². The van der Waals surface area contributed by atoms with E-state index in [9.17, 15) is 0 Å². The first-order valence-electron chi connectivity index (χ1n) is 3.79. The van der Waals surface area contributed by atoms with Crippen molar-refractivity contribution in [3.05, 3.63) is 11.9 Å². The first-order valence-corrected chi connectivity index (χ1v) is 4.22. The number of nitrogens with zero attached hydrogens (tertiary/aromatic N) is 3. The third-order valence-electron chi connectivity index (χ3n) is 1.90. The summed E-state index contributed by atoms with van der Waals surface area (Å²) in [4.78, 5) is 8.37. The average molecular weight is 187 g/mol. The number of aliphatic imine (C=N–C) groups is 1. The highest BCUT2D eigenvalue weighted by Crippen LogP contribution is 2.17. The summed E-state index contributed by atoms with van der Waals surface area (Å²) in [6.45, 7) is 0.855. The Hall–Kier alpha value is -0.900. The number of rotatable bonds is 0. The molecular weight excluding hydrogens is 176 g/mol. The van der Waals surface area contributed by atoms with Crippen molar-refractivity contribution in [2.75, 3.05) is 20.8 Å². The minimum Gasteiger partial charge on any atom is -0.361 e. The minimum absolute atomic E-state index is 0.305.